The molecule has 0 saturated carbocycles. The molecule has 0 aliphatic carbocycles. The number of fused-ring (bicyclic) bond motifs is 8. The lowest BCUT2D eigenvalue weighted by Gasteiger charge is -2.13. The lowest BCUT2D eigenvalue weighted by atomic mass is 9.98. The molecule has 18 rings (SSSR count). The molecule has 0 N–H and O–H groups in total. The van der Waals surface area contributed by atoms with Crippen molar-refractivity contribution in [2.45, 2.75) is 0 Å². The second kappa shape index (κ2) is 22.6. The quantitative estimate of drug-likeness (QED) is 0.128. The Morgan fingerprint density at radius 2 is 0.489 bits per heavy atom. The number of pyridine rings is 2. The van der Waals surface area contributed by atoms with Crippen LogP contribution in [-0.2, 0) is 0 Å². The highest BCUT2D eigenvalue weighted by Gasteiger charge is 2.19. The van der Waals surface area contributed by atoms with E-state index in [4.69, 9.17) is 29.9 Å². The van der Waals surface area contributed by atoms with Gasteiger partial charge >= 0.3 is 0 Å². The summed E-state index contributed by atoms with van der Waals surface area (Å²) in [6.07, 6.45) is 3.71. The number of rotatable bonds is 11. The van der Waals surface area contributed by atoms with E-state index in [1.165, 1.54) is 21.5 Å². The number of nitrogens with zero attached hydrogens (tertiary/aromatic N) is 8. The van der Waals surface area contributed by atoms with Gasteiger partial charge in [0.25, 0.3) is 0 Å². The van der Waals surface area contributed by atoms with E-state index in [-0.39, 0.29) is 0 Å². The van der Waals surface area contributed by atoms with Crippen molar-refractivity contribution in [1.82, 2.24) is 39.0 Å². The van der Waals surface area contributed by atoms with Crippen LogP contribution in [-0.4, -0.2) is 39.0 Å². The summed E-state index contributed by atoms with van der Waals surface area (Å²) in [5.41, 5.74) is 24.4. The van der Waals surface area contributed by atoms with Crippen LogP contribution >= 0.6 is 0 Å². The number of para-hydroxylation sites is 6. The molecular formula is C86H54N8. The van der Waals surface area contributed by atoms with Crippen LogP contribution in [0.3, 0.4) is 0 Å². The van der Waals surface area contributed by atoms with E-state index in [9.17, 15) is 0 Å². The Balaban J connectivity index is 0.683. The van der Waals surface area contributed by atoms with E-state index in [1.807, 2.05) is 24.5 Å². The van der Waals surface area contributed by atoms with Crippen LogP contribution in [0.4, 0.5) is 0 Å². The summed E-state index contributed by atoms with van der Waals surface area (Å²) in [7, 11) is 0. The molecule has 0 atom stereocenters. The molecule has 0 radical (unpaired) electrons. The van der Waals surface area contributed by atoms with Crippen molar-refractivity contribution < 1.29 is 0 Å². The Bertz CT molecular complexity index is 5450. The van der Waals surface area contributed by atoms with Crippen molar-refractivity contribution in [3.8, 4) is 113 Å². The molecule has 6 heterocycles. The molecule has 0 saturated heterocycles. The van der Waals surface area contributed by atoms with Gasteiger partial charge in [0.2, 0.25) is 0 Å². The first kappa shape index (κ1) is 54.2. The largest absolute Gasteiger partial charge is 0.309 e. The van der Waals surface area contributed by atoms with Crippen molar-refractivity contribution >= 4 is 65.4 Å². The molecule has 0 bridgehead atoms. The van der Waals surface area contributed by atoms with Crippen LogP contribution in [0.15, 0.2) is 328 Å². The van der Waals surface area contributed by atoms with Gasteiger partial charge < -0.3 is 9.13 Å². The van der Waals surface area contributed by atoms with Gasteiger partial charge in [-0.2, -0.15) is 0 Å². The summed E-state index contributed by atoms with van der Waals surface area (Å²) in [4.78, 5) is 30.7. The summed E-state index contributed by atoms with van der Waals surface area (Å²) in [5, 5.41) is 7.12. The summed E-state index contributed by atoms with van der Waals surface area (Å²) >= 11 is 0. The molecule has 18 aromatic rings. The third-order valence-corrected chi connectivity index (χ3v) is 18.3. The van der Waals surface area contributed by atoms with Gasteiger partial charge in [-0.1, -0.05) is 218 Å². The molecule has 6 aromatic heterocycles. The Labute approximate surface area is 541 Å². The minimum absolute atomic E-state index is 0.645. The molecule has 0 fully saturated rings. The van der Waals surface area contributed by atoms with E-state index in [2.05, 4.69) is 312 Å². The molecule has 0 aliphatic rings. The van der Waals surface area contributed by atoms with Gasteiger partial charge in [0.15, 0.2) is 11.6 Å². The molecule has 0 aliphatic heterocycles. The lowest BCUT2D eigenvalue weighted by Crippen LogP contribution is -1.98. The predicted octanol–water partition coefficient (Wildman–Crippen LogP) is 21.6. The summed E-state index contributed by atoms with van der Waals surface area (Å²) in [6.45, 7) is 0. The standard InChI is InChI=1S/C86H54N8/c1-5-23-79-71(17-1)72-18-2-6-24-80(72)93(79)67-47-43-65(44-48-67)85-89-75(53-77(91-85)61-39-31-57(32-40-61)69-21-9-13-63-15-11-51-87-83(63)69)59-35-27-55(28-36-59)56-29-37-60(38-30-56)76-54-78(62-41-33-58(34-42-62)70-22-10-14-64-16-12-52-88-84(64)70)92-86(90-76)66-45-49-68(50-46-66)94-81-25-7-3-19-73(81)74-20-4-8-26-82(74)94/h1-54H. The Morgan fingerprint density at radius 1 is 0.213 bits per heavy atom. The second-order valence-electron chi connectivity index (χ2n) is 23.8. The first-order valence-corrected chi connectivity index (χ1v) is 31.6. The van der Waals surface area contributed by atoms with Crippen LogP contribution in [0.1, 0.15) is 0 Å². The number of hydrogen-bond acceptors (Lipinski definition) is 6. The maximum absolute atomic E-state index is 5.32. The first-order valence-electron chi connectivity index (χ1n) is 31.6. The van der Waals surface area contributed by atoms with Crippen LogP contribution in [0.25, 0.3) is 178 Å². The topological polar surface area (TPSA) is 87.2 Å². The number of hydrogen-bond donors (Lipinski definition) is 0. The van der Waals surface area contributed by atoms with Gasteiger partial charge in [-0.15, -0.1) is 0 Å². The van der Waals surface area contributed by atoms with Gasteiger partial charge in [-0.25, -0.2) is 19.9 Å². The first-order chi connectivity index (χ1) is 46.6. The van der Waals surface area contributed by atoms with E-state index < -0.39 is 0 Å². The molecule has 0 unspecified atom stereocenters. The third kappa shape index (κ3) is 9.56. The highest BCUT2D eigenvalue weighted by atomic mass is 15.0. The summed E-state index contributed by atoms with van der Waals surface area (Å²) in [6, 6.07) is 111. The zero-order valence-electron chi connectivity index (χ0n) is 50.8. The van der Waals surface area contributed by atoms with Crippen molar-refractivity contribution in [3.05, 3.63) is 328 Å². The van der Waals surface area contributed by atoms with Gasteiger partial charge in [-0.3, -0.25) is 9.97 Å². The smallest absolute Gasteiger partial charge is 0.160 e. The predicted molar refractivity (Wildman–Crippen MR) is 386 cm³/mol. The highest BCUT2D eigenvalue weighted by molar-refractivity contribution is 6.10. The molecular weight excluding hydrogens is 1150 g/mol. The molecule has 8 heteroatoms. The molecule has 8 nitrogen and oxygen atoms in total. The molecule has 438 valence electrons. The molecule has 0 amide bonds. The Morgan fingerprint density at radius 3 is 0.819 bits per heavy atom. The van der Waals surface area contributed by atoms with Crippen molar-refractivity contribution in [3.63, 3.8) is 0 Å². The molecule has 94 heavy (non-hydrogen) atoms. The minimum atomic E-state index is 0.645. The summed E-state index contributed by atoms with van der Waals surface area (Å²) < 4.78 is 4.67. The summed E-state index contributed by atoms with van der Waals surface area (Å²) in [5.74, 6) is 1.29. The van der Waals surface area contributed by atoms with Gasteiger partial charge in [-0.05, 0) is 119 Å². The van der Waals surface area contributed by atoms with Crippen molar-refractivity contribution in [2.75, 3.05) is 0 Å². The van der Waals surface area contributed by atoms with Crippen LogP contribution in [0.2, 0.25) is 0 Å². The van der Waals surface area contributed by atoms with E-state index in [1.54, 1.807) is 0 Å². The van der Waals surface area contributed by atoms with E-state index >= 15 is 0 Å². The Hall–Kier alpha value is -12.8. The monoisotopic (exact) mass is 1200 g/mol. The van der Waals surface area contributed by atoms with E-state index in [0.29, 0.717) is 11.6 Å². The Kier molecular flexibility index (Phi) is 13.0. The number of aromatic nitrogens is 8. The van der Waals surface area contributed by atoms with E-state index in [0.717, 1.165) is 145 Å². The van der Waals surface area contributed by atoms with Crippen molar-refractivity contribution in [1.29, 1.82) is 0 Å². The lowest BCUT2D eigenvalue weighted by molar-refractivity contribution is 1.16. The van der Waals surface area contributed by atoms with Gasteiger partial charge in [0, 0.05) is 101 Å². The van der Waals surface area contributed by atoms with Crippen LogP contribution in [0.5, 0.6) is 0 Å². The third-order valence-electron chi connectivity index (χ3n) is 18.3. The SMILES string of the molecule is c1cnc2c(-c3ccc(-c4cc(-c5ccc(-c6ccc(-c7cc(-c8ccc(-c9cccc%10cccnc9%10)cc8)nc(-c8ccc(-n9c%10ccccc%10c%10ccccc%109)cc8)n7)cc6)cc5)nc(-c5ccc(-n6c7ccccc7c7ccccc76)cc5)n4)cc3)cccc2c1. The fraction of sp³-hybridized carbons (Fsp3) is 0. The normalized spacial score (nSPS) is 11.6. The average molecular weight is 1200 g/mol. The minimum Gasteiger partial charge on any atom is -0.309 e. The second-order valence-corrected chi connectivity index (χ2v) is 23.8. The highest BCUT2D eigenvalue weighted by Crippen LogP contribution is 2.39. The van der Waals surface area contributed by atoms with Crippen molar-refractivity contribution in [2.24, 2.45) is 0 Å². The van der Waals surface area contributed by atoms with Gasteiger partial charge in [0.05, 0.1) is 55.9 Å². The van der Waals surface area contributed by atoms with Gasteiger partial charge in [0.1, 0.15) is 0 Å². The van der Waals surface area contributed by atoms with Crippen LogP contribution < -0.4 is 0 Å². The maximum Gasteiger partial charge on any atom is 0.160 e. The zero-order valence-corrected chi connectivity index (χ0v) is 50.8. The molecule has 12 aromatic carbocycles. The molecule has 0 spiro atoms. The maximum atomic E-state index is 5.32. The fourth-order valence-corrected chi connectivity index (χ4v) is 13.6. The fourth-order valence-electron chi connectivity index (χ4n) is 13.6. The average Bonchev–Trinajstić information content (AvgIpc) is 1.72. The van der Waals surface area contributed by atoms with Crippen LogP contribution in [0, 0.1) is 0 Å². The number of benzene rings is 12. The zero-order chi connectivity index (χ0) is 62.1.